The topological polar surface area (TPSA) is 39.4 Å². The molecule has 0 aliphatic carbocycles. The Morgan fingerprint density at radius 3 is 3.07 bits per heavy atom. The zero-order valence-electron chi connectivity index (χ0n) is 7.57. The van der Waals surface area contributed by atoms with Crippen molar-refractivity contribution in [3.8, 4) is 0 Å². The van der Waals surface area contributed by atoms with Gasteiger partial charge in [0.05, 0.1) is 7.11 Å². The molecule has 0 aliphatic rings. The summed E-state index contributed by atoms with van der Waals surface area (Å²) in [6.07, 6.45) is 3.30. The van der Waals surface area contributed by atoms with Crippen molar-refractivity contribution < 1.29 is 4.74 Å². The Morgan fingerprint density at radius 1 is 1.64 bits per heavy atom. The summed E-state index contributed by atoms with van der Waals surface area (Å²) in [5, 5.41) is 4.62. The number of halogens is 1. The van der Waals surface area contributed by atoms with Gasteiger partial charge in [0.15, 0.2) is 5.15 Å². The fourth-order valence-electron chi connectivity index (χ4n) is 1.13. The quantitative estimate of drug-likeness (QED) is 0.711. The molecule has 0 radical (unpaired) electrons. The van der Waals surface area contributed by atoms with Crippen molar-refractivity contribution in [1.82, 2.24) is 14.6 Å². The number of rotatable bonds is 2. The zero-order chi connectivity index (χ0) is 10.1. The number of fused-ring (bicyclic) bond motifs is 1. The molecular weight excluding hydrogens is 202 g/mol. The molecule has 14 heavy (non-hydrogen) atoms. The number of methoxy groups -OCH3 is 1. The van der Waals surface area contributed by atoms with Gasteiger partial charge in [-0.1, -0.05) is 18.2 Å². The number of aromatic nitrogens is 3. The Hall–Kier alpha value is -1.55. The van der Waals surface area contributed by atoms with Crippen LogP contribution in [0.1, 0.15) is 5.69 Å². The smallest absolute Gasteiger partial charge is 0.154 e. The van der Waals surface area contributed by atoms with Gasteiger partial charge >= 0.3 is 0 Å². The van der Waals surface area contributed by atoms with E-state index in [9.17, 15) is 0 Å². The van der Waals surface area contributed by atoms with Crippen LogP contribution in [0.25, 0.3) is 11.3 Å². The maximum absolute atomic E-state index is 5.88. The lowest BCUT2D eigenvalue weighted by Crippen LogP contribution is -1.90. The van der Waals surface area contributed by atoms with Crippen molar-refractivity contribution in [3.05, 3.63) is 35.9 Å². The molecule has 0 bridgehead atoms. The van der Waals surface area contributed by atoms with E-state index in [0.717, 1.165) is 5.52 Å². The van der Waals surface area contributed by atoms with Gasteiger partial charge in [-0.25, -0.2) is 9.50 Å². The van der Waals surface area contributed by atoms with Crippen LogP contribution in [0.5, 0.6) is 0 Å². The summed E-state index contributed by atoms with van der Waals surface area (Å²) in [5.41, 5.74) is 1.39. The van der Waals surface area contributed by atoms with Crippen LogP contribution in [-0.4, -0.2) is 21.7 Å². The second kappa shape index (κ2) is 3.31. The Morgan fingerprint density at radius 2 is 2.43 bits per heavy atom. The van der Waals surface area contributed by atoms with Crippen LogP contribution < -0.4 is 0 Å². The van der Waals surface area contributed by atoms with Crippen molar-refractivity contribution in [2.45, 2.75) is 0 Å². The normalized spacial score (nSPS) is 10.4. The molecule has 5 heteroatoms. The molecule has 0 fully saturated rings. The highest BCUT2D eigenvalue weighted by atomic mass is 35.5. The highest BCUT2D eigenvalue weighted by Gasteiger charge is 2.07. The maximum Gasteiger partial charge on any atom is 0.154 e. The third-order valence-corrected chi connectivity index (χ3v) is 2.17. The lowest BCUT2D eigenvalue weighted by atomic mass is 10.3. The lowest BCUT2D eigenvalue weighted by molar-refractivity contribution is 0.369. The van der Waals surface area contributed by atoms with E-state index in [1.54, 1.807) is 30.1 Å². The van der Waals surface area contributed by atoms with Crippen LogP contribution in [0.15, 0.2) is 25.0 Å². The molecule has 2 aromatic rings. The van der Waals surface area contributed by atoms with E-state index in [1.807, 2.05) is 0 Å². The Labute approximate surface area is 85.8 Å². The number of hydrogen-bond donors (Lipinski definition) is 0. The molecular formula is C9H8ClN3O. The third kappa shape index (κ3) is 1.33. The summed E-state index contributed by atoms with van der Waals surface area (Å²) in [7, 11) is 1.55. The van der Waals surface area contributed by atoms with Crippen molar-refractivity contribution in [2.75, 3.05) is 7.11 Å². The standard InChI is InChI=1S/C9H8ClN3O/c1-6(14-2)7-5-8-9(10)11-3-4-13(8)12-7/h3-5H,1H2,2H3. The Bertz CT molecular complexity index is 492. The molecule has 2 heterocycles. The van der Waals surface area contributed by atoms with Crippen LogP contribution in [0.2, 0.25) is 5.15 Å². The van der Waals surface area contributed by atoms with E-state index in [-0.39, 0.29) is 0 Å². The SMILES string of the molecule is C=C(OC)c1cc2c(Cl)nccn2n1. The highest BCUT2D eigenvalue weighted by Crippen LogP contribution is 2.18. The van der Waals surface area contributed by atoms with Gasteiger partial charge in [0.25, 0.3) is 0 Å². The molecule has 0 unspecified atom stereocenters. The van der Waals surface area contributed by atoms with Gasteiger partial charge in [-0.3, -0.25) is 0 Å². The van der Waals surface area contributed by atoms with Gasteiger partial charge in [-0.15, -0.1) is 0 Å². The third-order valence-electron chi connectivity index (χ3n) is 1.87. The van der Waals surface area contributed by atoms with Crippen molar-refractivity contribution in [3.63, 3.8) is 0 Å². The van der Waals surface area contributed by atoms with Gasteiger partial charge in [-0.05, 0) is 6.07 Å². The fraction of sp³-hybridized carbons (Fsp3) is 0.111. The first-order chi connectivity index (χ1) is 6.72. The first-order valence-electron chi connectivity index (χ1n) is 3.95. The average Bonchev–Trinajstić information content (AvgIpc) is 2.62. The van der Waals surface area contributed by atoms with E-state index >= 15 is 0 Å². The van der Waals surface area contributed by atoms with Crippen LogP contribution in [0.3, 0.4) is 0 Å². The van der Waals surface area contributed by atoms with Gasteiger partial charge < -0.3 is 4.74 Å². The zero-order valence-corrected chi connectivity index (χ0v) is 8.32. The van der Waals surface area contributed by atoms with Crippen molar-refractivity contribution in [2.24, 2.45) is 0 Å². The van der Waals surface area contributed by atoms with E-state index in [1.165, 1.54) is 0 Å². The summed E-state index contributed by atoms with van der Waals surface area (Å²) in [4.78, 5) is 3.94. The molecule has 0 saturated heterocycles. The predicted molar refractivity (Wildman–Crippen MR) is 54.0 cm³/mol. The van der Waals surface area contributed by atoms with E-state index in [2.05, 4.69) is 16.7 Å². The average molecular weight is 210 g/mol. The lowest BCUT2D eigenvalue weighted by Gasteiger charge is -1.96. The summed E-state index contributed by atoms with van der Waals surface area (Å²) in [5.74, 6) is 0.504. The predicted octanol–water partition coefficient (Wildman–Crippen LogP) is 2.00. The molecule has 0 spiro atoms. The Kier molecular flexibility index (Phi) is 2.13. The first-order valence-corrected chi connectivity index (χ1v) is 4.33. The van der Waals surface area contributed by atoms with Crippen LogP contribution >= 0.6 is 11.6 Å². The first kappa shape index (κ1) is 9.02. The molecule has 2 aromatic heterocycles. The van der Waals surface area contributed by atoms with Gasteiger partial charge in [0.1, 0.15) is 17.0 Å². The second-order valence-corrected chi connectivity index (χ2v) is 3.06. The molecule has 72 valence electrons. The minimum atomic E-state index is 0.412. The molecule has 0 amide bonds. The maximum atomic E-state index is 5.88. The number of hydrogen-bond acceptors (Lipinski definition) is 3. The van der Waals surface area contributed by atoms with Gasteiger partial charge in [0, 0.05) is 12.4 Å². The minimum absolute atomic E-state index is 0.412. The fourth-order valence-corrected chi connectivity index (χ4v) is 1.33. The number of ether oxygens (including phenoxy) is 1. The summed E-state index contributed by atoms with van der Waals surface area (Å²) >= 11 is 5.88. The molecule has 0 atom stereocenters. The summed E-state index contributed by atoms with van der Waals surface area (Å²) in [6.45, 7) is 3.71. The van der Waals surface area contributed by atoms with Gasteiger partial charge in [0.2, 0.25) is 0 Å². The van der Waals surface area contributed by atoms with E-state index < -0.39 is 0 Å². The van der Waals surface area contributed by atoms with Crippen molar-refractivity contribution >= 4 is 22.9 Å². The van der Waals surface area contributed by atoms with Crippen LogP contribution in [-0.2, 0) is 4.74 Å². The second-order valence-electron chi connectivity index (χ2n) is 2.70. The van der Waals surface area contributed by atoms with Crippen molar-refractivity contribution in [1.29, 1.82) is 0 Å². The summed E-state index contributed by atoms with van der Waals surface area (Å²) < 4.78 is 6.61. The highest BCUT2D eigenvalue weighted by molar-refractivity contribution is 6.32. The van der Waals surface area contributed by atoms with E-state index in [0.29, 0.717) is 16.6 Å². The molecule has 0 N–H and O–H groups in total. The monoisotopic (exact) mass is 209 g/mol. The van der Waals surface area contributed by atoms with E-state index in [4.69, 9.17) is 16.3 Å². The Balaban J connectivity index is 2.62. The molecule has 4 nitrogen and oxygen atoms in total. The largest absolute Gasteiger partial charge is 0.495 e. The summed E-state index contributed by atoms with van der Waals surface area (Å²) in [6, 6.07) is 1.78. The van der Waals surface area contributed by atoms with Crippen LogP contribution in [0.4, 0.5) is 0 Å². The molecule has 0 aliphatic heterocycles. The van der Waals surface area contributed by atoms with Gasteiger partial charge in [-0.2, -0.15) is 5.10 Å². The molecule has 0 saturated carbocycles. The number of nitrogens with zero attached hydrogens (tertiary/aromatic N) is 3. The minimum Gasteiger partial charge on any atom is -0.495 e. The molecule has 2 rings (SSSR count). The molecule has 0 aromatic carbocycles. The van der Waals surface area contributed by atoms with Crippen LogP contribution in [0, 0.1) is 0 Å².